The topological polar surface area (TPSA) is 46.9 Å². The summed E-state index contributed by atoms with van der Waals surface area (Å²) in [6.07, 6.45) is 0. The van der Waals surface area contributed by atoms with Crippen molar-refractivity contribution in [1.29, 1.82) is 0 Å². The van der Waals surface area contributed by atoms with E-state index in [0.717, 1.165) is 16.8 Å². The third-order valence-corrected chi connectivity index (χ3v) is 5.46. The van der Waals surface area contributed by atoms with Crippen molar-refractivity contribution in [2.45, 2.75) is 19.8 Å². The number of hydrogen-bond donors (Lipinski definition) is 1. The first kappa shape index (κ1) is 20.5. The van der Waals surface area contributed by atoms with Crippen LogP contribution >= 0.6 is 0 Å². The third-order valence-electron chi connectivity index (χ3n) is 5.46. The average Bonchev–Trinajstić information content (AvgIpc) is 3.09. The molecule has 0 radical (unpaired) electrons. The number of hydrogen-bond acceptors (Lipinski definition) is 2. The number of aromatic nitrogens is 2. The summed E-state index contributed by atoms with van der Waals surface area (Å²) in [7, 11) is 0. The van der Waals surface area contributed by atoms with E-state index < -0.39 is 0 Å². The standard InChI is InChI=1S/C26H24FN3O/c1-18-25(19(2)30(29-18)23-15-13-22(27)14-16-23)26(31)28-17-24(20-9-5-3-6-10-20)21-11-7-4-8-12-21/h3-16,24H,17H2,1-2H3,(H,28,31). The molecule has 4 nitrogen and oxygen atoms in total. The van der Waals surface area contributed by atoms with E-state index in [4.69, 9.17) is 0 Å². The van der Waals surface area contributed by atoms with Gasteiger partial charge in [0.2, 0.25) is 0 Å². The molecule has 0 atom stereocenters. The molecule has 1 amide bonds. The number of amides is 1. The molecule has 0 aliphatic rings. The molecule has 0 fully saturated rings. The Kier molecular flexibility index (Phi) is 5.94. The van der Waals surface area contributed by atoms with Crippen LogP contribution in [0, 0.1) is 19.7 Å². The maximum absolute atomic E-state index is 13.3. The van der Waals surface area contributed by atoms with Crippen LogP contribution in [0.4, 0.5) is 4.39 Å². The smallest absolute Gasteiger partial charge is 0.255 e. The van der Waals surface area contributed by atoms with Gasteiger partial charge in [0.1, 0.15) is 5.82 Å². The fourth-order valence-corrected chi connectivity index (χ4v) is 3.89. The lowest BCUT2D eigenvalue weighted by Gasteiger charge is -2.19. The summed E-state index contributed by atoms with van der Waals surface area (Å²) in [6.45, 7) is 4.13. The van der Waals surface area contributed by atoms with Gasteiger partial charge in [-0.3, -0.25) is 4.79 Å². The van der Waals surface area contributed by atoms with Crippen molar-refractivity contribution in [2.75, 3.05) is 6.54 Å². The number of carbonyl (C=O) groups is 1. The zero-order valence-corrected chi connectivity index (χ0v) is 17.5. The molecule has 1 N–H and O–H groups in total. The Bertz CT molecular complexity index is 1130. The highest BCUT2D eigenvalue weighted by atomic mass is 19.1. The van der Waals surface area contributed by atoms with Crippen molar-refractivity contribution < 1.29 is 9.18 Å². The van der Waals surface area contributed by atoms with Crippen LogP contribution in [0.2, 0.25) is 0 Å². The molecule has 0 unspecified atom stereocenters. The fraction of sp³-hybridized carbons (Fsp3) is 0.154. The summed E-state index contributed by atoms with van der Waals surface area (Å²) in [5.41, 5.74) is 4.90. The summed E-state index contributed by atoms with van der Waals surface area (Å²) in [6, 6.07) is 26.4. The van der Waals surface area contributed by atoms with Crippen LogP contribution in [0.1, 0.15) is 38.8 Å². The van der Waals surface area contributed by atoms with E-state index in [1.54, 1.807) is 16.8 Å². The Hall–Kier alpha value is -3.73. The molecule has 4 rings (SSSR count). The second-order valence-corrected chi connectivity index (χ2v) is 7.52. The van der Waals surface area contributed by atoms with Gasteiger partial charge in [-0.15, -0.1) is 0 Å². The molecular weight excluding hydrogens is 389 g/mol. The van der Waals surface area contributed by atoms with E-state index >= 15 is 0 Å². The van der Waals surface area contributed by atoms with Crippen molar-refractivity contribution >= 4 is 5.91 Å². The van der Waals surface area contributed by atoms with E-state index in [1.807, 2.05) is 50.2 Å². The molecule has 0 saturated heterocycles. The lowest BCUT2D eigenvalue weighted by molar-refractivity contribution is 0.0951. The Labute approximate surface area is 181 Å². The van der Waals surface area contributed by atoms with Crippen molar-refractivity contribution in [3.05, 3.63) is 119 Å². The van der Waals surface area contributed by atoms with Gasteiger partial charge in [-0.05, 0) is 49.2 Å². The maximum atomic E-state index is 13.3. The largest absolute Gasteiger partial charge is 0.351 e. The van der Waals surface area contributed by atoms with Crippen LogP contribution in [0.25, 0.3) is 5.69 Å². The van der Waals surface area contributed by atoms with Gasteiger partial charge in [-0.25, -0.2) is 9.07 Å². The second-order valence-electron chi connectivity index (χ2n) is 7.52. The normalized spacial score (nSPS) is 11.0. The quantitative estimate of drug-likeness (QED) is 0.473. The Morgan fingerprint density at radius 3 is 2.00 bits per heavy atom. The van der Waals surface area contributed by atoms with Crippen molar-refractivity contribution in [3.8, 4) is 5.69 Å². The first-order valence-electron chi connectivity index (χ1n) is 10.2. The summed E-state index contributed by atoms with van der Waals surface area (Å²) in [5, 5.41) is 7.61. The van der Waals surface area contributed by atoms with E-state index in [-0.39, 0.29) is 17.6 Å². The number of rotatable bonds is 6. The fourth-order valence-electron chi connectivity index (χ4n) is 3.89. The molecule has 0 bridgehead atoms. The van der Waals surface area contributed by atoms with Gasteiger partial charge in [-0.1, -0.05) is 60.7 Å². The SMILES string of the molecule is Cc1nn(-c2ccc(F)cc2)c(C)c1C(=O)NCC(c1ccccc1)c1ccccc1. The van der Waals surface area contributed by atoms with Crippen LogP contribution in [-0.2, 0) is 0 Å². The highest BCUT2D eigenvalue weighted by Crippen LogP contribution is 2.24. The lowest BCUT2D eigenvalue weighted by Crippen LogP contribution is -2.29. The van der Waals surface area contributed by atoms with Gasteiger partial charge in [-0.2, -0.15) is 5.10 Å². The predicted octanol–water partition coefficient (Wildman–Crippen LogP) is 5.19. The van der Waals surface area contributed by atoms with Gasteiger partial charge in [0.15, 0.2) is 0 Å². The summed E-state index contributed by atoms with van der Waals surface area (Å²) < 4.78 is 15.0. The summed E-state index contributed by atoms with van der Waals surface area (Å²) >= 11 is 0. The van der Waals surface area contributed by atoms with Crippen LogP contribution in [0.3, 0.4) is 0 Å². The Balaban J connectivity index is 1.58. The van der Waals surface area contributed by atoms with E-state index in [9.17, 15) is 9.18 Å². The molecule has 1 aromatic heterocycles. The van der Waals surface area contributed by atoms with Crippen LogP contribution in [0.5, 0.6) is 0 Å². The molecule has 156 valence electrons. The Morgan fingerprint density at radius 2 is 1.45 bits per heavy atom. The minimum atomic E-state index is -0.309. The Morgan fingerprint density at radius 1 is 0.903 bits per heavy atom. The molecule has 0 aliphatic carbocycles. The van der Waals surface area contributed by atoms with Crippen molar-refractivity contribution in [2.24, 2.45) is 0 Å². The maximum Gasteiger partial charge on any atom is 0.255 e. The number of halogens is 1. The number of aryl methyl sites for hydroxylation is 1. The van der Waals surface area contributed by atoms with Gasteiger partial charge in [0.05, 0.1) is 22.6 Å². The van der Waals surface area contributed by atoms with E-state index in [0.29, 0.717) is 23.5 Å². The molecule has 3 aromatic carbocycles. The van der Waals surface area contributed by atoms with Gasteiger partial charge in [0.25, 0.3) is 5.91 Å². The predicted molar refractivity (Wildman–Crippen MR) is 120 cm³/mol. The number of carbonyl (C=O) groups excluding carboxylic acids is 1. The monoisotopic (exact) mass is 413 g/mol. The van der Waals surface area contributed by atoms with E-state index in [1.165, 1.54) is 12.1 Å². The highest BCUT2D eigenvalue weighted by molar-refractivity contribution is 5.96. The molecule has 5 heteroatoms. The first-order chi connectivity index (χ1) is 15.0. The first-order valence-corrected chi connectivity index (χ1v) is 10.2. The average molecular weight is 413 g/mol. The molecule has 0 spiro atoms. The minimum Gasteiger partial charge on any atom is -0.351 e. The number of benzene rings is 3. The van der Waals surface area contributed by atoms with Crippen molar-refractivity contribution in [3.63, 3.8) is 0 Å². The summed E-state index contributed by atoms with van der Waals surface area (Å²) in [5.74, 6) is -0.435. The van der Waals surface area contributed by atoms with Crippen LogP contribution in [-0.4, -0.2) is 22.2 Å². The number of nitrogens with zero attached hydrogens (tertiary/aromatic N) is 2. The van der Waals surface area contributed by atoms with Gasteiger partial charge < -0.3 is 5.32 Å². The molecular formula is C26H24FN3O. The van der Waals surface area contributed by atoms with E-state index in [2.05, 4.69) is 34.7 Å². The zero-order chi connectivity index (χ0) is 21.8. The molecule has 0 aliphatic heterocycles. The molecule has 4 aromatic rings. The molecule has 1 heterocycles. The second kappa shape index (κ2) is 8.96. The lowest BCUT2D eigenvalue weighted by atomic mass is 9.91. The van der Waals surface area contributed by atoms with Crippen LogP contribution in [0.15, 0.2) is 84.9 Å². The van der Waals surface area contributed by atoms with Crippen molar-refractivity contribution in [1.82, 2.24) is 15.1 Å². The zero-order valence-electron chi connectivity index (χ0n) is 17.5. The van der Waals surface area contributed by atoms with Crippen LogP contribution < -0.4 is 5.32 Å². The molecule has 0 saturated carbocycles. The number of nitrogens with one attached hydrogen (secondary N) is 1. The third kappa shape index (κ3) is 4.40. The minimum absolute atomic E-state index is 0.0408. The summed E-state index contributed by atoms with van der Waals surface area (Å²) in [4.78, 5) is 13.1. The highest BCUT2D eigenvalue weighted by Gasteiger charge is 2.21. The van der Waals surface area contributed by atoms with Gasteiger partial charge in [0, 0.05) is 12.5 Å². The molecule has 31 heavy (non-hydrogen) atoms. The van der Waals surface area contributed by atoms with Gasteiger partial charge >= 0.3 is 0 Å².